The van der Waals surface area contributed by atoms with Gasteiger partial charge in [0.25, 0.3) is 0 Å². The average Bonchev–Trinajstić information content (AvgIpc) is 3.00. The van der Waals surface area contributed by atoms with E-state index in [1.165, 1.54) is 0 Å². The summed E-state index contributed by atoms with van der Waals surface area (Å²) in [5.74, 6) is 0.528. The highest BCUT2D eigenvalue weighted by atomic mass is 35.5. The van der Waals surface area contributed by atoms with Gasteiger partial charge >= 0.3 is 5.69 Å². The van der Waals surface area contributed by atoms with Crippen LogP contribution in [0, 0.1) is 0 Å². The van der Waals surface area contributed by atoms with Crippen molar-refractivity contribution in [2.24, 2.45) is 0 Å². The van der Waals surface area contributed by atoms with Gasteiger partial charge in [-0.15, -0.1) is 0 Å². The van der Waals surface area contributed by atoms with Gasteiger partial charge in [0.2, 0.25) is 5.95 Å². The molecule has 124 valence electrons. The molecule has 4 rings (SSSR count). The molecule has 6 nitrogen and oxygen atoms in total. The van der Waals surface area contributed by atoms with Crippen LogP contribution in [0.5, 0.6) is 0 Å². The quantitative estimate of drug-likeness (QED) is 0.524. The highest BCUT2D eigenvalue weighted by molar-refractivity contribution is 6.31. The first kappa shape index (κ1) is 15.4. The first-order valence-electron chi connectivity index (χ1n) is 7.71. The molecule has 0 saturated heterocycles. The van der Waals surface area contributed by atoms with Crippen molar-refractivity contribution in [3.63, 3.8) is 0 Å². The van der Waals surface area contributed by atoms with Crippen LogP contribution in [0.4, 0.5) is 5.95 Å². The average molecular weight is 352 g/mol. The van der Waals surface area contributed by atoms with Crippen molar-refractivity contribution in [1.29, 1.82) is 0 Å². The minimum atomic E-state index is -0.220. The largest absolute Gasteiger partial charge is 0.350 e. The van der Waals surface area contributed by atoms with Gasteiger partial charge in [-0.3, -0.25) is 0 Å². The number of nitrogens with one attached hydrogen (secondary N) is 3. The molecule has 2 heterocycles. The van der Waals surface area contributed by atoms with Gasteiger partial charge in [0, 0.05) is 29.5 Å². The minimum Gasteiger partial charge on any atom is -0.350 e. The van der Waals surface area contributed by atoms with Crippen molar-refractivity contribution in [3.05, 3.63) is 75.9 Å². The lowest BCUT2D eigenvalue weighted by Crippen LogP contribution is -2.03. The molecule has 3 N–H and O–H groups in total. The number of imidazole rings is 1. The van der Waals surface area contributed by atoms with E-state index in [0.29, 0.717) is 17.5 Å². The van der Waals surface area contributed by atoms with E-state index in [2.05, 4.69) is 25.3 Å². The maximum Gasteiger partial charge on any atom is 0.323 e. The zero-order valence-corrected chi connectivity index (χ0v) is 13.8. The highest BCUT2D eigenvalue weighted by Crippen LogP contribution is 2.22. The number of halogens is 1. The van der Waals surface area contributed by atoms with Gasteiger partial charge in [-0.25, -0.2) is 14.8 Å². The lowest BCUT2D eigenvalue weighted by molar-refractivity contribution is 1.06. The number of benzene rings is 2. The number of anilines is 1. The van der Waals surface area contributed by atoms with Gasteiger partial charge in [0.1, 0.15) is 0 Å². The Labute approximate surface area is 147 Å². The molecule has 0 spiro atoms. The molecule has 0 saturated carbocycles. The van der Waals surface area contributed by atoms with Crippen LogP contribution in [0.1, 0.15) is 5.56 Å². The Morgan fingerprint density at radius 3 is 2.52 bits per heavy atom. The molecule has 0 bridgehead atoms. The molecule has 2 aromatic carbocycles. The molecule has 0 radical (unpaired) electrons. The Kier molecular flexibility index (Phi) is 3.95. The van der Waals surface area contributed by atoms with Crippen LogP contribution in [-0.2, 0) is 6.54 Å². The van der Waals surface area contributed by atoms with E-state index in [1.807, 2.05) is 42.5 Å². The second kappa shape index (κ2) is 6.41. The summed E-state index contributed by atoms with van der Waals surface area (Å²) in [6.45, 7) is 0.551. The number of H-pyrrole nitrogens is 2. The van der Waals surface area contributed by atoms with Gasteiger partial charge in [-0.1, -0.05) is 35.9 Å². The monoisotopic (exact) mass is 351 g/mol. The molecule has 0 atom stereocenters. The van der Waals surface area contributed by atoms with Crippen molar-refractivity contribution < 1.29 is 0 Å². The van der Waals surface area contributed by atoms with Crippen molar-refractivity contribution in [1.82, 2.24) is 19.9 Å². The van der Waals surface area contributed by atoms with Crippen molar-refractivity contribution in [3.8, 4) is 11.1 Å². The summed E-state index contributed by atoms with van der Waals surface area (Å²) >= 11 is 6.14. The molecule has 0 amide bonds. The Bertz CT molecular complexity index is 1080. The van der Waals surface area contributed by atoms with Crippen molar-refractivity contribution in [2.75, 3.05) is 5.32 Å². The molecule has 0 aliphatic heterocycles. The molecule has 0 fully saturated rings. The van der Waals surface area contributed by atoms with Gasteiger partial charge in [0.05, 0.1) is 11.0 Å². The molecular weight excluding hydrogens is 338 g/mol. The fraction of sp³-hybridized carbons (Fsp3) is 0.0556. The maximum absolute atomic E-state index is 11.3. The number of rotatable bonds is 4. The summed E-state index contributed by atoms with van der Waals surface area (Å²) < 4.78 is 0. The molecule has 4 aromatic rings. The molecule has 2 aromatic heterocycles. The topological polar surface area (TPSA) is 86.5 Å². The van der Waals surface area contributed by atoms with Crippen LogP contribution >= 0.6 is 11.6 Å². The Balaban J connectivity index is 1.52. The van der Waals surface area contributed by atoms with Crippen molar-refractivity contribution >= 4 is 28.6 Å². The number of fused-ring (bicyclic) bond motifs is 1. The van der Waals surface area contributed by atoms with E-state index < -0.39 is 0 Å². The van der Waals surface area contributed by atoms with Gasteiger partial charge in [-0.05, 0) is 29.3 Å². The lowest BCUT2D eigenvalue weighted by Gasteiger charge is -2.07. The van der Waals surface area contributed by atoms with E-state index in [4.69, 9.17) is 11.6 Å². The van der Waals surface area contributed by atoms with Crippen LogP contribution in [-0.4, -0.2) is 19.9 Å². The number of hydrogen-bond donors (Lipinski definition) is 3. The second-order valence-electron chi connectivity index (χ2n) is 5.58. The standard InChI is InChI=1S/C18H14ClN5O/c19-14-4-2-1-3-12(14)8-20-17-21-9-13(10-22-17)11-5-6-15-16(7-11)24-18(25)23-15/h1-7,9-10H,8H2,(H,20,21,22)(H2,23,24,25). The number of aromatic nitrogens is 4. The predicted molar refractivity (Wildman–Crippen MR) is 98.7 cm³/mol. The van der Waals surface area contributed by atoms with E-state index in [-0.39, 0.29) is 5.69 Å². The highest BCUT2D eigenvalue weighted by Gasteiger charge is 2.05. The van der Waals surface area contributed by atoms with Crippen LogP contribution < -0.4 is 11.0 Å². The summed E-state index contributed by atoms with van der Waals surface area (Å²) in [5.41, 5.74) is 4.09. The van der Waals surface area contributed by atoms with Gasteiger partial charge in [0.15, 0.2) is 0 Å². The van der Waals surface area contributed by atoms with E-state index in [9.17, 15) is 4.79 Å². The number of nitrogens with zero attached hydrogens (tertiary/aromatic N) is 2. The fourth-order valence-electron chi connectivity index (χ4n) is 2.60. The zero-order chi connectivity index (χ0) is 17.2. The SMILES string of the molecule is O=c1[nH]c2ccc(-c3cnc(NCc4ccccc4Cl)nc3)cc2[nH]1. The molecule has 7 heteroatoms. The Morgan fingerprint density at radius 2 is 1.72 bits per heavy atom. The molecule has 0 aliphatic rings. The molecular formula is C18H14ClN5O. The minimum absolute atomic E-state index is 0.220. The predicted octanol–water partition coefficient (Wildman–Crippen LogP) is 3.58. The third kappa shape index (κ3) is 3.25. The summed E-state index contributed by atoms with van der Waals surface area (Å²) in [6.07, 6.45) is 3.49. The summed E-state index contributed by atoms with van der Waals surface area (Å²) in [5, 5.41) is 3.86. The van der Waals surface area contributed by atoms with Crippen molar-refractivity contribution in [2.45, 2.75) is 6.54 Å². The summed E-state index contributed by atoms with van der Waals surface area (Å²) in [6, 6.07) is 13.3. The maximum atomic E-state index is 11.3. The molecule has 0 unspecified atom stereocenters. The number of aromatic amines is 2. The first-order chi connectivity index (χ1) is 12.2. The van der Waals surface area contributed by atoms with Crippen LogP contribution in [0.2, 0.25) is 5.02 Å². The fourth-order valence-corrected chi connectivity index (χ4v) is 2.80. The second-order valence-corrected chi connectivity index (χ2v) is 5.99. The third-order valence-corrected chi connectivity index (χ3v) is 4.26. The van der Waals surface area contributed by atoms with E-state index in [0.717, 1.165) is 27.7 Å². The van der Waals surface area contributed by atoms with Crippen LogP contribution in [0.3, 0.4) is 0 Å². The first-order valence-corrected chi connectivity index (χ1v) is 8.08. The summed E-state index contributed by atoms with van der Waals surface area (Å²) in [7, 11) is 0. The van der Waals surface area contributed by atoms with Crippen LogP contribution in [0.25, 0.3) is 22.2 Å². The summed E-state index contributed by atoms with van der Waals surface area (Å²) in [4.78, 5) is 25.5. The lowest BCUT2D eigenvalue weighted by atomic mass is 10.1. The smallest absolute Gasteiger partial charge is 0.323 e. The Morgan fingerprint density at radius 1 is 0.960 bits per heavy atom. The van der Waals surface area contributed by atoms with Gasteiger partial charge < -0.3 is 15.3 Å². The Hall–Kier alpha value is -3.12. The van der Waals surface area contributed by atoms with Crippen LogP contribution in [0.15, 0.2) is 59.7 Å². The van der Waals surface area contributed by atoms with Gasteiger partial charge in [-0.2, -0.15) is 0 Å². The molecule has 25 heavy (non-hydrogen) atoms. The third-order valence-electron chi connectivity index (χ3n) is 3.90. The normalized spacial score (nSPS) is 10.9. The number of hydrogen-bond acceptors (Lipinski definition) is 4. The molecule has 0 aliphatic carbocycles. The van der Waals surface area contributed by atoms with E-state index >= 15 is 0 Å². The van der Waals surface area contributed by atoms with E-state index in [1.54, 1.807) is 12.4 Å². The zero-order valence-electron chi connectivity index (χ0n) is 13.1.